The minimum atomic E-state index is -1.16. The maximum Gasteiger partial charge on any atom is 0.331 e. The van der Waals surface area contributed by atoms with Crippen LogP contribution >= 0.6 is 0 Å². The number of carbonyl (C=O) groups is 2. The van der Waals surface area contributed by atoms with Crippen LogP contribution in [0.15, 0.2) is 12.2 Å². The molecule has 0 bridgehead atoms. The van der Waals surface area contributed by atoms with Crippen molar-refractivity contribution in [2.45, 2.75) is 39.2 Å². The van der Waals surface area contributed by atoms with Crippen molar-refractivity contribution in [3.05, 3.63) is 12.2 Å². The van der Waals surface area contributed by atoms with E-state index in [4.69, 9.17) is 9.84 Å². The van der Waals surface area contributed by atoms with Gasteiger partial charge < -0.3 is 9.84 Å². The Balaban J connectivity index is 4.24. The van der Waals surface area contributed by atoms with E-state index in [0.29, 0.717) is 12.8 Å². The van der Waals surface area contributed by atoms with Crippen LogP contribution in [0.2, 0.25) is 0 Å². The highest BCUT2D eigenvalue weighted by molar-refractivity contribution is 5.90. The van der Waals surface area contributed by atoms with Gasteiger partial charge in [-0.25, -0.2) is 9.59 Å². The van der Waals surface area contributed by atoms with Crippen LogP contribution in [0.3, 0.4) is 0 Å². The van der Waals surface area contributed by atoms with Gasteiger partial charge in [0.15, 0.2) is 0 Å². The molecule has 0 fully saturated rings. The van der Waals surface area contributed by atoms with Gasteiger partial charge in [-0.3, -0.25) is 0 Å². The van der Waals surface area contributed by atoms with Crippen LogP contribution in [0.1, 0.15) is 33.6 Å². The summed E-state index contributed by atoms with van der Waals surface area (Å²) in [4.78, 5) is 21.2. The van der Waals surface area contributed by atoms with E-state index in [2.05, 4.69) is 0 Å². The Hall–Kier alpha value is -1.32. The third kappa shape index (κ3) is 4.64. The first-order valence-corrected chi connectivity index (χ1v) is 4.57. The molecule has 0 heterocycles. The van der Waals surface area contributed by atoms with E-state index in [1.54, 1.807) is 0 Å². The van der Waals surface area contributed by atoms with Crippen molar-refractivity contribution < 1.29 is 19.4 Å². The Kier molecular flexibility index (Phi) is 4.91. The number of ether oxygens (including phenoxy) is 1. The molecule has 4 nitrogen and oxygen atoms in total. The molecule has 0 unspecified atom stereocenters. The Bertz CT molecular complexity index is 239. The van der Waals surface area contributed by atoms with Gasteiger partial charge in [-0.05, 0) is 19.8 Å². The van der Waals surface area contributed by atoms with Crippen molar-refractivity contribution in [3.8, 4) is 0 Å². The molecule has 0 spiro atoms. The molecule has 0 saturated carbocycles. The molecule has 0 atom stereocenters. The first kappa shape index (κ1) is 12.7. The lowest BCUT2D eigenvalue weighted by Crippen LogP contribution is -2.29. The van der Waals surface area contributed by atoms with Crippen molar-refractivity contribution in [1.29, 1.82) is 0 Å². The Morgan fingerprint density at radius 1 is 1.29 bits per heavy atom. The van der Waals surface area contributed by atoms with Crippen LogP contribution in [0, 0.1) is 0 Å². The molecule has 80 valence electrons. The van der Waals surface area contributed by atoms with Crippen molar-refractivity contribution in [3.63, 3.8) is 0 Å². The lowest BCUT2D eigenvalue weighted by Gasteiger charge is -2.25. The number of carbonyl (C=O) groups excluding carboxylic acids is 1. The Morgan fingerprint density at radius 3 is 2.14 bits per heavy atom. The second kappa shape index (κ2) is 5.42. The Morgan fingerprint density at radius 2 is 1.79 bits per heavy atom. The summed E-state index contributed by atoms with van der Waals surface area (Å²) < 4.78 is 5.10. The second-order valence-electron chi connectivity index (χ2n) is 3.25. The fourth-order valence-electron chi connectivity index (χ4n) is 0.811. The quantitative estimate of drug-likeness (QED) is 0.542. The van der Waals surface area contributed by atoms with Crippen molar-refractivity contribution in [2.75, 3.05) is 0 Å². The van der Waals surface area contributed by atoms with E-state index in [1.165, 1.54) is 0 Å². The second-order valence-corrected chi connectivity index (χ2v) is 3.25. The molecule has 1 N–H and O–H groups in total. The first-order chi connectivity index (χ1) is 6.43. The lowest BCUT2D eigenvalue weighted by atomic mass is 10.0. The molecule has 0 aromatic rings. The van der Waals surface area contributed by atoms with Gasteiger partial charge >= 0.3 is 11.9 Å². The molecule has 0 saturated heterocycles. The molecule has 14 heavy (non-hydrogen) atoms. The fourth-order valence-corrected chi connectivity index (χ4v) is 0.811. The summed E-state index contributed by atoms with van der Waals surface area (Å²) >= 11 is 0. The lowest BCUT2D eigenvalue weighted by molar-refractivity contribution is -0.152. The summed E-state index contributed by atoms with van der Waals surface area (Å²) in [5.74, 6) is -1.77. The van der Waals surface area contributed by atoms with Crippen LogP contribution in [0.25, 0.3) is 0 Å². The summed E-state index contributed by atoms with van der Waals surface area (Å²) in [7, 11) is 0. The first-order valence-electron chi connectivity index (χ1n) is 4.57. The number of hydrogen-bond acceptors (Lipinski definition) is 3. The highest BCUT2D eigenvalue weighted by Crippen LogP contribution is 2.19. The van der Waals surface area contributed by atoms with Gasteiger partial charge in [-0.2, -0.15) is 0 Å². The normalized spacial score (nSPS) is 11.6. The van der Waals surface area contributed by atoms with Crippen molar-refractivity contribution in [1.82, 2.24) is 0 Å². The predicted octanol–water partition coefficient (Wildman–Crippen LogP) is 1.75. The van der Waals surface area contributed by atoms with Crippen LogP contribution in [0.4, 0.5) is 0 Å². The molecule has 0 aromatic carbocycles. The maximum absolute atomic E-state index is 11.1. The zero-order valence-electron chi connectivity index (χ0n) is 8.74. The molecule has 0 aliphatic rings. The zero-order chi connectivity index (χ0) is 11.2. The van der Waals surface area contributed by atoms with E-state index >= 15 is 0 Å². The summed E-state index contributed by atoms with van der Waals surface area (Å²) in [5.41, 5.74) is -0.500. The molecule has 0 aliphatic heterocycles. The minimum absolute atomic E-state index is 0.500. The third-order valence-electron chi connectivity index (χ3n) is 2.20. The van der Waals surface area contributed by atoms with E-state index in [1.807, 2.05) is 20.8 Å². The molecular formula is C10H16O4. The summed E-state index contributed by atoms with van der Waals surface area (Å²) in [6, 6.07) is 0. The standard InChI is InChI=1S/C10H16O4/c1-4-10(3,5-2)14-9(13)7-6-8(11)12/h6-7H,4-5H2,1-3H3,(H,11,12)/b7-6+. The van der Waals surface area contributed by atoms with Gasteiger partial charge in [0.05, 0.1) is 0 Å². The SMILES string of the molecule is CCC(C)(CC)OC(=O)/C=C/C(=O)O. The van der Waals surface area contributed by atoms with E-state index in [0.717, 1.165) is 12.2 Å². The van der Waals surface area contributed by atoms with Crippen molar-refractivity contribution >= 4 is 11.9 Å². The van der Waals surface area contributed by atoms with Gasteiger partial charge in [-0.15, -0.1) is 0 Å². The third-order valence-corrected chi connectivity index (χ3v) is 2.20. The van der Waals surface area contributed by atoms with Gasteiger partial charge in [0.2, 0.25) is 0 Å². The highest BCUT2D eigenvalue weighted by Gasteiger charge is 2.23. The molecule has 4 heteroatoms. The number of esters is 1. The average molecular weight is 200 g/mol. The topological polar surface area (TPSA) is 63.6 Å². The summed E-state index contributed by atoms with van der Waals surface area (Å²) in [5, 5.41) is 8.28. The number of aliphatic carboxylic acids is 1. The average Bonchev–Trinajstić information content (AvgIpc) is 2.14. The zero-order valence-corrected chi connectivity index (χ0v) is 8.74. The predicted molar refractivity (Wildman–Crippen MR) is 51.9 cm³/mol. The number of rotatable bonds is 5. The van der Waals surface area contributed by atoms with Gasteiger partial charge in [0.1, 0.15) is 5.60 Å². The monoisotopic (exact) mass is 200 g/mol. The number of hydrogen-bond donors (Lipinski definition) is 1. The van der Waals surface area contributed by atoms with E-state index in [-0.39, 0.29) is 0 Å². The van der Waals surface area contributed by atoms with Crippen LogP contribution in [-0.2, 0) is 14.3 Å². The molecular weight excluding hydrogens is 184 g/mol. The molecule has 0 amide bonds. The smallest absolute Gasteiger partial charge is 0.331 e. The van der Waals surface area contributed by atoms with Crippen LogP contribution in [-0.4, -0.2) is 22.6 Å². The maximum atomic E-state index is 11.1. The molecule has 0 aromatic heterocycles. The minimum Gasteiger partial charge on any atom is -0.478 e. The molecule has 0 rings (SSSR count). The van der Waals surface area contributed by atoms with Crippen LogP contribution in [0.5, 0.6) is 0 Å². The van der Waals surface area contributed by atoms with Crippen LogP contribution < -0.4 is 0 Å². The Labute approximate surface area is 83.6 Å². The number of carboxylic acids is 1. The van der Waals surface area contributed by atoms with Gasteiger partial charge in [-0.1, -0.05) is 13.8 Å². The van der Waals surface area contributed by atoms with E-state index in [9.17, 15) is 9.59 Å². The largest absolute Gasteiger partial charge is 0.478 e. The highest BCUT2D eigenvalue weighted by atomic mass is 16.6. The van der Waals surface area contributed by atoms with E-state index < -0.39 is 17.5 Å². The summed E-state index contributed by atoms with van der Waals surface area (Å²) in [6.07, 6.45) is 3.10. The van der Waals surface area contributed by atoms with Gasteiger partial charge in [0, 0.05) is 12.2 Å². The summed E-state index contributed by atoms with van der Waals surface area (Å²) in [6.45, 7) is 5.65. The van der Waals surface area contributed by atoms with Gasteiger partial charge in [0.25, 0.3) is 0 Å². The molecule has 0 radical (unpaired) electrons. The molecule has 0 aliphatic carbocycles. The fraction of sp³-hybridized carbons (Fsp3) is 0.600. The number of carboxylic acid groups (broad SMARTS) is 1. The van der Waals surface area contributed by atoms with Crippen molar-refractivity contribution in [2.24, 2.45) is 0 Å².